The van der Waals surface area contributed by atoms with Gasteiger partial charge in [0, 0.05) is 19.3 Å². The van der Waals surface area contributed by atoms with E-state index in [0.717, 1.165) is 89.9 Å². The molecule has 0 heterocycles. The second kappa shape index (κ2) is 36.7. The average Bonchev–Trinajstić information content (AvgIpc) is 3.12. The Morgan fingerprint density at radius 2 is 1.04 bits per heavy atom. The number of rotatable bonds is 36. The zero-order valence-corrected chi connectivity index (χ0v) is 34.9. The van der Waals surface area contributed by atoms with Crippen molar-refractivity contribution in [1.29, 1.82) is 0 Å². The van der Waals surface area contributed by atoms with Gasteiger partial charge in [0.15, 0.2) is 12.1 Å². The summed E-state index contributed by atoms with van der Waals surface area (Å²) in [5.74, 6) is -1.52. The number of ether oxygens (including phenoxy) is 3. The van der Waals surface area contributed by atoms with E-state index in [9.17, 15) is 19.5 Å². The van der Waals surface area contributed by atoms with Crippen molar-refractivity contribution in [1.82, 2.24) is 0 Å². The van der Waals surface area contributed by atoms with E-state index in [4.69, 9.17) is 14.2 Å². The number of unbranched alkanes of at least 4 members (excludes halogenated alkanes) is 10. The van der Waals surface area contributed by atoms with Crippen molar-refractivity contribution in [3.63, 3.8) is 0 Å². The van der Waals surface area contributed by atoms with Gasteiger partial charge in [0.1, 0.15) is 6.61 Å². The third-order valence-electron chi connectivity index (χ3n) is 8.87. The lowest BCUT2D eigenvalue weighted by atomic mass is 10.1. The van der Waals surface area contributed by atoms with Crippen LogP contribution >= 0.6 is 0 Å². The molecule has 0 rings (SSSR count). The monoisotopic (exact) mass is 757 g/mol. The smallest absolute Gasteiger partial charge is 0.362 e. The summed E-state index contributed by atoms with van der Waals surface area (Å²) in [5, 5.41) is 9.58. The quantitative estimate of drug-likeness (QED) is 0.0294. The van der Waals surface area contributed by atoms with Gasteiger partial charge in [-0.15, -0.1) is 0 Å². The molecule has 0 aliphatic carbocycles. The molecule has 0 spiro atoms. The molecule has 2 unspecified atom stereocenters. The second-order valence-corrected chi connectivity index (χ2v) is 14.9. The van der Waals surface area contributed by atoms with Gasteiger partial charge in [-0.2, -0.15) is 0 Å². The van der Waals surface area contributed by atoms with Crippen LogP contribution in [0.15, 0.2) is 72.9 Å². The number of carboxylic acid groups (broad SMARTS) is 1. The average molecular weight is 757 g/mol. The SMILES string of the molecule is CC/C=C/C/C=C/C/C=C/C/C=C/C/C=C/C/C=C/CCCCCCC(=O)OCC(COCCC(C(=O)O)[N+](C)(C)C)OC(=O)CCCCCCCCC. The van der Waals surface area contributed by atoms with Crippen LogP contribution in [0.3, 0.4) is 0 Å². The largest absolute Gasteiger partial charge is 0.477 e. The minimum Gasteiger partial charge on any atom is -0.477 e. The number of quaternary nitrogens is 1. The fourth-order valence-electron chi connectivity index (χ4n) is 5.62. The molecule has 0 radical (unpaired) electrons. The highest BCUT2D eigenvalue weighted by Crippen LogP contribution is 2.12. The number of aliphatic carboxylic acids is 1. The Labute approximate surface area is 330 Å². The molecule has 0 aliphatic heterocycles. The maximum Gasteiger partial charge on any atom is 0.362 e. The van der Waals surface area contributed by atoms with Gasteiger partial charge in [0.25, 0.3) is 0 Å². The predicted octanol–water partition coefficient (Wildman–Crippen LogP) is 11.2. The maximum atomic E-state index is 12.6. The number of hydrogen-bond donors (Lipinski definition) is 1. The van der Waals surface area contributed by atoms with Gasteiger partial charge < -0.3 is 23.8 Å². The molecule has 2 atom stereocenters. The normalized spacial score (nSPS) is 13.7. The molecule has 54 heavy (non-hydrogen) atoms. The molecular weight excluding hydrogens is 679 g/mol. The van der Waals surface area contributed by atoms with Crippen LogP contribution in [0.4, 0.5) is 0 Å². The van der Waals surface area contributed by atoms with Crippen molar-refractivity contribution in [2.75, 3.05) is 41.0 Å². The maximum absolute atomic E-state index is 12.6. The molecule has 308 valence electrons. The first-order valence-electron chi connectivity index (χ1n) is 21.0. The van der Waals surface area contributed by atoms with E-state index >= 15 is 0 Å². The van der Waals surface area contributed by atoms with Crippen LogP contribution < -0.4 is 0 Å². The van der Waals surface area contributed by atoms with Gasteiger partial charge in [0.05, 0.1) is 34.4 Å². The Balaban J connectivity index is 4.27. The Bertz CT molecular complexity index is 1110. The third-order valence-corrected chi connectivity index (χ3v) is 8.87. The lowest BCUT2D eigenvalue weighted by Crippen LogP contribution is -2.50. The number of carbonyl (C=O) groups excluding carboxylic acids is 2. The third kappa shape index (κ3) is 34.5. The van der Waals surface area contributed by atoms with Crippen LogP contribution in [0.2, 0.25) is 0 Å². The Kier molecular flexibility index (Phi) is 34.5. The van der Waals surface area contributed by atoms with Crippen LogP contribution in [0.5, 0.6) is 0 Å². The van der Waals surface area contributed by atoms with Crippen LogP contribution in [-0.2, 0) is 28.6 Å². The van der Waals surface area contributed by atoms with E-state index in [1.165, 1.54) is 25.7 Å². The van der Waals surface area contributed by atoms with Gasteiger partial charge in [-0.05, 0) is 64.2 Å². The first kappa shape index (κ1) is 50.8. The summed E-state index contributed by atoms with van der Waals surface area (Å²) in [5.41, 5.74) is 0. The van der Waals surface area contributed by atoms with Crippen LogP contribution in [0.1, 0.15) is 149 Å². The highest BCUT2D eigenvalue weighted by atomic mass is 16.6. The molecular formula is C46H78NO7+. The fourth-order valence-corrected chi connectivity index (χ4v) is 5.62. The molecule has 1 N–H and O–H groups in total. The molecule has 0 saturated heterocycles. The van der Waals surface area contributed by atoms with E-state index in [2.05, 4.69) is 86.8 Å². The van der Waals surface area contributed by atoms with Gasteiger partial charge >= 0.3 is 17.9 Å². The lowest BCUT2D eigenvalue weighted by Gasteiger charge is -2.31. The Hall–Kier alpha value is -3.23. The summed E-state index contributed by atoms with van der Waals surface area (Å²) in [6.07, 6.45) is 45.3. The molecule has 8 nitrogen and oxygen atoms in total. The van der Waals surface area contributed by atoms with Gasteiger partial charge in [0.2, 0.25) is 0 Å². The van der Waals surface area contributed by atoms with Crippen molar-refractivity contribution < 1.29 is 38.2 Å². The molecule has 8 heteroatoms. The predicted molar refractivity (Wildman–Crippen MR) is 224 cm³/mol. The zero-order chi connectivity index (χ0) is 40.0. The standard InChI is InChI=1S/C46H77NO7/c1-6-8-10-12-14-15-16-17-18-19-20-21-22-23-24-25-26-27-28-29-31-32-34-36-44(48)53-41-42(40-52-39-38-43(46(50)51)47(3,4)5)54-45(49)37-35-33-30-13-11-9-7-2/h8,10,14-15,17-18,20-21,23-24,26-27,42-43H,6-7,9,11-13,16,19,22,25,28-41H2,1-5H3/p+1/b10-8+,15-14+,18-17+,21-20+,24-23+,27-26+. The molecule has 0 aliphatic rings. The second-order valence-electron chi connectivity index (χ2n) is 14.9. The van der Waals surface area contributed by atoms with E-state index in [-0.39, 0.29) is 36.2 Å². The van der Waals surface area contributed by atoms with E-state index < -0.39 is 18.1 Å². The summed E-state index contributed by atoms with van der Waals surface area (Å²) >= 11 is 0. The summed E-state index contributed by atoms with van der Waals surface area (Å²) in [6.45, 7) is 4.53. The fraction of sp³-hybridized carbons (Fsp3) is 0.674. The molecule has 0 saturated carbocycles. The molecule has 0 fully saturated rings. The number of hydrogen-bond acceptors (Lipinski definition) is 6. The summed E-state index contributed by atoms with van der Waals surface area (Å²) in [4.78, 5) is 36.7. The van der Waals surface area contributed by atoms with Gasteiger partial charge in [-0.1, -0.05) is 138 Å². The number of nitrogens with zero attached hydrogens (tertiary/aromatic N) is 1. The van der Waals surface area contributed by atoms with Crippen molar-refractivity contribution in [3.8, 4) is 0 Å². The highest BCUT2D eigenvalue weighted by molar-refractivity contribution is 5.72. The summed E-state index contributed by atoms with van der Waals surface area (Å²) in [6, 6.07) is -0.619. The van der Waals surface area contributed by atoms with Gasteiger partial charge in [-0.3, -0.25) is 9.59 Å². The number of carboxylic acids is 1. The van der Waals surface area contributed by atoms with Crippen LogP contribution in [0.25, 0.3) is 0 Å². The van der Waals surface area contributed by atoms with Gasteiger partial charge in [-0.25, -0.2) is 4.79 Å². The molecule has 0 bridgehead atoms. The zero-order valence-electron chi connectivity index (χ0n) is 34.9. The minimum absolute atomic E-state index is 0.0497. The van der Waals surface area contributed by atoms with Crippen molar-refractivity contribution >= 4 is 17.9 Å². The lowest BCUT2D eigenvalue weighted by molar-refractivity contribution is -0.887. The van der Waals surface area contributed by atoms with E-state index in [1.54, 1.807) is 0 Å². The van der Waals surface area contributed by atoms with Crippen molar-refractivity contribution in [2.45, 2.75) is 161 Å². The molecule has 0 aromatic heterocycles. The van der Waals surface area contributed by atoms with E-state index in [0.29, 0.717) is 19.3 Å². The first-order valence-corrected chi connectivity index (χ1v) is 21.0. The number of likely N-dealkylation sites (N-methyl/N-ethyl adjacent to an activating group) is 1. The molecule has 0 aromatic rings. The molecule has 0 amide bonds. The summed E-state index contributed by atoms with van der Waals surface area (Å²) in [7, 11) is 5.50. The van der Waals surface area contributed by atoms with E-state index in [1.807, 2.05) is 21.1 Å². The van der Waals surface area contributed by atoms with Crippen LogP contribution in [-0.4, -0.2) is 80.6 Å². The van der Waals surface area contributed by atoms with Crippen LogP contribution in [0, 0.1) is 0 Å². The van der Waals surface area contributed by atoms with Crippen molar-refractivity contribution in [2.24, 2.45) is 0 Å². The number of esters is 2. The minimum atomic E-state index is -0.883. The first-order chi connectivity index (χ1) is 26.1. The summed E-state index contributed by atoms with van der Waals surface area (Å²) < 4.78 is 17.1. The Morgan fingerprint density at radius 1 is 0.574 bits per heavy atom. The molecule has 0 aromatic carbocycles. The highest BCUT2D eigenvalue weighted by Gasteiger charge is 2.31. The Morgan fingerprint density at radius 3 is 1.54 bits per heavy atom. The topological polar surface area (TPSA) is 99.1 Å². The van der Waals surface area contributed by atoms with Crippen molar-refractivity contribution in [3.05, 3.63) is 72.9 Å². The number of carbonyl (C=O) groups is 3. The number of allylic oxidation sites excluding steroid dienone is 12.